The molecule has 0 aliphatic rings. The summed E-state index contributed by atoms with van der Waals surface area (Å²) in [6, 6.07) is 15.3. The van der Waals surface area contributed by atoms with Gasteiger partial charge in [0.05, 0.1) is 0 Å². The molecule has 92 valence electrons. The van der Waals surface area contributed by atoms with Gasteiger partial charge in [-0.3, -0.25) is 4.79 Å². The van der Waals surface area contributed by atoms with Crippen LogP contribution < -0.4 is 0 Å². The minimum Gasteiger partial charge on any atom is -0.508 e. The van der Waals surface area contributed by atoms with Crippen LogP contribution in [0.25, 0.3) is 0 Å². The summed E-state index contributed by atoms with van der Waals surface area (Å²) in [7, 11) is 0. The molecule has 2 aromatic carbocycles. The van der Waals surface area contributed by atoms with Gasteiger partial charge < -0.3 is 9.90 Å². The average Bonchev–Trinajstić information content (AvgIpc) is 2.41. The zero-order chi connectivity index (χ0) is 13.4. The molecular formula is C15H14O3. The second-order valence-corrected chi connectivity index (χ2v) is 3.48. The van der Waals surface area contributed by atoms with Gasteiger partial charge in [0.1, 0.15) is 12.0 Å². The fourth-order valence-corrected chi connectivity index (χ4v) is 1.37. The number of carbonyl (C=O) groups excluding carboxylic acids is 2. The minimum absolute atomic E-state index is 0.0319. The number of phenols is 1. The van der Waals surface area contributed by atoms with Crippen LogP contribution in [0.4, 0.5) is 0 Å². The summed E-state index contributed by atoms with van der Waals surface area (Å²) in [4.78, 5) is 20.7. The first-order chi connectivity index (χ1) is 8.69. The fourth-order valence-electron chi connectivity index (χ4n) is 1.37. The highest BCUT2D eigenvalue weighted by Gasteiger charge is 2.07. The summed E-state index contributed by atoms with van der Waals surface area (Å²) in [5, 5.41) is 9.10. The third-order valence-electron chi connectivity index (χ3n) is 2.17. The van der Waals surface area contributed by atoms with Crippen LogP contribution in [0.5, 0.6) is 5.75 Å². The predicted octanol–water partition coefficient (Wildman–Crippen LogP) is 2.83. The van der Waals surface area contributed by atoms with Crippen LogP contribution in [0.15, 0.2) is 54.6 Å². The molecule has 0 radical (unpaired) electrons. The second-order valence-electron chi connectivity index (χ2n) is 3.48. The van der Waals surface area contributed by atoms with Gasteiger partial charge >= 0.3 is 0 Å². The third-order valence-corrected chi connectivity index (χ3v) is 2.17. The SMILES string of the molecule is CC=O.O=C(c1ccccc1)c1ccc(O)cc1. The number of benzene rings is 2. The summed E-state index contributed by atoms with van der Waals surface area (Å²) < 4.78 is 0. The van der Waals surface area contributed by atoms with Gasteiger partial charge in [-0.05, 0) is 31.2 Å². The van der Waals surface area contributed by atoms with Crippen molar-refractivity contribution in [3.8, 4) is 5.75 Å². The Bertz CT molecular complexity index is 501. The highest BCUT2D eigenvalue weighted by Crippen LogP contribution is 2.13. The molecule has 3 heteroatoms. The van der Waals surface area contributed by atoms with Crippen LogP contribution in [0, 0.1) is 0 Å². The van der Waals surface area contributed by atoms with E-state index in [1.165, 1.54) is 19.1 Å². The zero-order valence-corrected chi connectivity index (χ0v) is 10.0. The molecule has 0 aliphatic heterocycles. The Morgan fingerprint density at radius 1 is 0.944 bits per heavy atom. The molecule has 2 aromatic rings. The monoisotopic (exact) mass is 242 g/mol. The van der Waals surface area contributed by atoms with Crippen LogP contribution >= 0.6 is 0 Å². The largest absolute Gasteiger partial charge is 0.508 e. The number of hydrogen-bond acceptors (Lipinski definition) is 3. The van der Waals surface area contributed by atoms with Crippen LogP contribution in [0.1, 0.15) is 22.8 Å². The van der Waals surface area contributed by atoms with E-state index in [0.717, 1.165) is 6.29 Å². The average molecular weight is 242 g/mol. The van der Waals surface area contributed by atoms with Crippen molar-refractivity contribution in [3.05, 3.63) is 65.7 Å². The van der Waals surface area contributed by atoms with E-state index in [1.54, 1.807) is 24.3 Å². The highest BCUT2D eigenvalue weighted by atomic mass is 16.3. The van der Waals surface area contributed by atoms with Gasteiger partial charge in [0.15, 0.2) is 5.78 Å². The van der Waals surface area contributed by atoms with Crippen molar-refractivity contribution in [3.63, 3.8) is 0 Å². The maximum Gasteiger partial charge on any atom is 0.193 e. The molecular weight excluding hydrogens is 228 g/mol. The van der Waals surface area contributed by atoms with Gasteiger partial charge in [-0.1, -0.05) is 30.3 Å². The van der Waals surface area contributed by atoms with Gasteiger partial charge in [-0.15, -0.1) is 0 Å². The van der Waals surface area contributed by atoms with E-state index >= 15 is 0 Å². The molecule has 0 bridgehead atoms. The Kier molecular flexibility index (Phi) is 5.32. The van der Waals surface area contributed by atoms with Crippen molar-refractivity contribution >= 4 is 12.1 Å². The van der Waals surface area contributed by atoms with Gasteiger partial charge in [0.25, 0.3) is 0 Å². The summed E-state index contributed by atoms with van der Waals surface area (Å²) in [5.74, 6) is 0.134. The van der Waals surface area contributed by atoms with Gasteiger partial charge in [-0.25, -0.2) is 0 Å². The number of phenolic OH excluding ortho intramolecular Hbond substituents is 1. The Balaban J connectivity index is 0.000000492. The van der Waals surface area contributed by atoms with E-state index in [9.17, 15) is 4.79 Å². The first-order valence-electron chi connectivity index (χ1n) is 5.47. The van der Waals surface area contributed by atoms with Crippen LogP contribution in [-0.2, 0) is 4.79 Å². The maximum absolute atomic E-state index is 11.9. The third kappa shape index (κ3) is 3.87. The van der Waals surface area contributed by atoms with E-state index in [0.29, 0.717) is 11.1 Å². The number of hydrogen-bond donors (Lipinski definition) is 1. The minimum atomic E-state index is -0.0319. The Morgan fingerprint density at radius 3 is 1.89 bits per heavy atom. The molecule has 2 rings (SSSR count). The van der Waals surface area contributed by atoms with E-state index in [1.807, 2.05) is 18.2 Å². The van der Waals surface area contributed by atoms with Gasteiger partial charge in [0.2, 0.25) is 0 Å². The van der Waals surface area contributed by atoms with E-state index in [4.69, 9.17) is 9.90 Å². The van der Waals surface area contributed by atoms with Crippen molar-refractivity contribution in [2.75, 3.05) is 0 Å². The summed E-state index contributed by atoms with van der Waals surface area (Å²) in [6.45, 7) is 1.44. The molecule has 0 amide bonds. The lowest BCUT2D eigenvalue weighted by Gasteiger charge is -2.00. The molecule has 0 aromatic heterocycles. The standard InChI is InChI=1S/C13H10O2.C2H4O/c14-12-8-6-11(7-9-12)13(15)10-4-2-1-3-5-10;1-2-3/h1-9,14H;2H,1H3. The van der Waals surface area contributed by atoms with Crippen molar-refractivity contribution < 1.29 is 14.7 Å². The lowest BCUT2D eigenvalue weighted by atomic mass is 10.0. The molecule has 1 N–H and O–H groups in total. The van der Waals surface area contributed by atoms with Crippen molar-refractivity contribution in [1.29, 1.82) is 0 Å². The number of aromatic hydroxyl groups is 1. The Morgan fingerprint density at radius 2 is 1.39 bits per heavy atom. The van der Waals surface area contributed by atoms with Crippen molar-refractivity contribution in [1.82, 2.24) is 0 Å². The highest BCUT2D eigenvalue weighted by molar-refractivity contribution is 6.08. The molecule has 3 nitrogen and oxygen atoms in total. The van der Waals surface area contributed by atoms with Crippen molar-refractivity contribution in [2.45, 2.75) is 6.92 Å². The van der Waals surface area contributed by atoms with Gasteiger partial charge in [-0.2, -0.15) is 0 Å². The molecule has 0 heterocycles. The lowest BCUT2D eigenvalue weighted by Crippen LogP contribution is -1.99. The van der Waals surface area contributed by atoms with Crippen molar-refractivity contribution in [2.24, 2.45) is 0 Å². The predicted molar refractivity (Wildman–Crippen MR) is 69.7 cm³/mol. The number of carbonyl (C=O) groups is 2. The van der Waals surface area contributed by atoms with E-state index < -0.39 is 0 Å². The van der Waals surface area contributed by atoms with E-state index in [2.05, 4.69) is 0 Å². The first-order valence-corrected chi connectivity index (χ1v) is 5.47. The van der Waals surface area contributed by atoms with Crippen LogP contribution in [0.2, 0.25) is 0 Å². The molecule has 0 saturated heterocycles. The van der Waals surface area contributed by atoms with Gasteiger partial charge in [0, 0.05) is 11.1 Å². The molecule has 0 aliphatic carbocycles. The lowest BCUT2D eigenvalue weighted by molar-refractivity contribution is -0.106. The second kappa shape index (κ2) is 7.01. The molecule has 0 spiro atoms. The topological polar surface area (TPSA) is 54.4 Å². The molecule has 0 fully saturated rings. The molecule has 18 heavy (non-hydrogen) atoms. The normalized spacial score (nSPS) is 8.94. The maximum atomic E-state index is 11.9. The fraction of sp³-hybridized carbons (Fsp3) is 0.0667. The summed E-state index contributed by atoms with van der Waals surface area (Å²) in [5.41, 5.74) is 1.24. The molecule has 0 atom stereocenters. The zero-order valence-electron chi connectivity index (χ0n) is 10.0. The smallest absolute Gasteiger partial charge is 0.193 e. The Hall–Kier alpha value is -2.42. The van der Waals surface area contributed by atoms with Crippen LogP contribution in [0.3, 0.4) is 0 Å². The summed E-state index contributed by atoms with van der Waals surface area (Å²) in [6.07, 6.45) is 0.750. The Labute approximate surface area is 106 Å². The molecule has 0 unspecified atom stereocenters. The number of rotatable bonds is 2. The summed E-state index contributed by atoms with van der Waals surface area (Å²) >= 11 is 0. The molecule has 0 saturated carbocycles. The van der Waals surface area contributed by atoms with E-state index in [-0.39, 0.29) is 11.5 Å². The van der Waals surface area contributed by atoms with Crippen LogP contribution in [-0.4, -0.2) is 17.2 Å². The first kappa shape index (κ1) is 13.6. The quantitative estimate of drug-likeness (QED) is 0.650. The number of aldehydes is 1. The number of ketones is 1.